The van der Waals surface area contributed by atoms with Gasteiger partial charge in [-0.15, -0.1) is 0 Å². The number of esters is 1. The van der Waals surface area contributed by atoms with Crippen molar-refractivity contribution < 1.29 is 22.7 Å². The summed E-state index contributed by atoms with van der Waals surface area (Å²) in [5.41, 5.74) is 1.91. The summed E-state index contributed by atoms with van der Waals surface area (Å²) in [5, 5.41) is 11.8. The van der Waals surface area contributed by atoms with E-state index in [1.54, 1.807) is 36.7 Å². The number of nitrogens with zero attached hydrogens (tertiary/aromatic N) is 3. The van der Waals surface area contributed by atoms with Crippen LogP contribution in [0.3, 0.4) is 0 Å². The standard InChI is InChI=1S/C23H24N4O5S/c1-3-27(4-2)33(30,31)19-10-8-17(9-11-19)23(29)25-14-22(28)32-16-18-15-26-12-6-5-7-21(26)20(18)13-24/h5-12,15H,3-4,14,16H2,1-2H3,(H,25,29). The predicted octanol–water partition coefficient (Wildman–Crippen LogP) is 2.31. The van der Waals surface area contributed by atoms with Crippen LogP contribution in [0.25, 0.3) is 5.52 Å². The van der Waals surface area contributed by atoms with E-state index in [0.29, 0.717) is 29.7 Å². The topological polar surface area (TPSA) is 121 Å². The molecule has 0 saturated heterocycles. The highest BCUT2D eigenvalue weighted by atomic mass is 32.2. The second-order valence-electron chi connectivity index (χ2n) is 7.09. The molecule has 33 heavy (non-hydrogen) atoms. The third kappa shape index (κ3) is 5.22. The quantitative estimate of drug-likeness (QED) is 0.481. The normalized spacial score (nSPS) is 11.3. The highest BCUT2D eigenvalue weighted by molar-refractivity contribution is 7.89. The van der Waals surface area contributed by atoms with Gasteiger partial charge in [0, 0.05) is 36.6 Å². The summed E-state index contributed by atoms with van der Waals surface area (Å²) in [6.45, 7) is 3.73. The van der Waals surface area contributed by atoms with E-state index in [2.05, 4.69) is 11.4 Å². The molecule has 2 heterocycles. The number of sulfonamides is 1. The molecule has 0 unspecified atom stereocenters. The SMILES string of the molecule is CCN(CC)S(=O)(=O)c1ccc(C(=O)NCC(=O)OCc2cn3ccccc3c2C#N)cc1. The Hall–Kier alpha value is -3.68. The van der Waals surface area contributed by atoms with Crippen molar-refractivity contribution in [2.24, 2.45) is 0 Å². The fourth-order valence-corrected chi connectivity index (χ4v) is 4.83. The fourth-order valence-electron chi connectivity index (χ4n) is 3.37. The van der Waals surface area contributed by atoms with Crippen molar-refractivity contribution >= 4 is 27.4 Å². The minimum Gasteiger partial charge on any atom is -0.459 e. The molecule has 3 rings (SSSR count). The Morgan fingerprint density at radius 2 is 1.82 bits per heavy atom. The van der Waals surface area contributed by atoms with Crippen LogP contribution in [0.15, 0.2) is 59.8 Å². The molecular weight excluding hydrogens is 444 g/mol. The number of nitrogens with one attached hydrogen (secondary N) is 1. The van der Waals surface area contributed by atoms with Crippen molar-refractivity contribution in [2.45, 2.75) is 25.3 Å². The number of rotatable bonds is 9. The Morgan fingerprint density at radius 3 is 2.45 bits per heavy atom. The van der Waals surface area contributed by atoms with E-state index < -0.39 is 21.9 Å². The third-order valence-electron chi connectivity index (χ3n) is 5.12. The molecule has 0 radical (unpaired) electrons. The van der Waals surface area contributed by atoms with E-state index in [-0.39, 0.29) is 23.6 Å². The number of nitriles is 1. The number of aromatic nitrogens is 1. The maximum Gasteiger partial charge on any atom is 0.325 e. The summed E-state index contributed by atoms with van der Waals surface area (Å²) in [5.74, 6) is -1.20. The number of amides is 1. The molecule has 172 valence electrons. The smallest absolute Gasteiger partial charge is 0.325 e. The molecule has 10 heteroatoms. The van der Waals surface area contributed by atoms with E-state index in [1.165, 1.54) is 28.6 Å². The van der Waals surface area contributed by atoms with Crippen molar-refractivity contribution in [3.05, 3.63) is 71.5 Å². The number of hydrogen-bond acceptors (Lipinski definition) is 6. The van der Waals surface area contributed by atoms with Crippen molar-refractivity contribution in [3.63, 3.8) is 0 Å². The van der Waals surface area contributed by atoms with Crippen LogP contribution in [0.5, 0.6) is 0 Å². The maximum atomic E-state index is 12.5. The van der Waals surface area contributed by atoms with E-state index in [4.69, 9.17) is 4.74 Å². The van der Waals surface area contributed by atoms with Gasteiger partial charge in [-0.05, 0) is 36.4 Å². The first-order valence-corrected chi connectivity index (χ1v) is 11.8. The summed E-state index contributed by atoms with van der Waals surface area (Å²) in [4.78, 5) is 24.5. The Bertz CT molecular complexity index is 1300. The molecule has 0 aliphatic heterocycles. The van der Waals surface area contributed by atoms with Crippen LogP contribution in [-0.4, -0.2) is 48.6 Å². The molecule has 0 atom stereocenters. The molecule has 9 nitrogen and oxygen atoms in total. The van der Waals surface area contributed by atoms with Crippen LogP contribution in [-0.2, 0) is 26.2 Å². The summed E-state index contributed by atoms with van der Waals surface area (Å²) < 4.78 is 33.3. The molecular formula is C23H24N4O5S. The first-order chi connectivity index (χ1) is 15.8. The lowest BCUT2D eigenvalue weighted by molar-refractivity contribution is -0.143. The number of carbonyl (C=O) groups is 2. The highest BCUT2D eigenvalue weighted by Crippen LogP contribution is 2.19. The van der Waals surface area contributed by atoms with Gasteiger partial charge in [0.25, 0.3) is 5.91 Å². The minimum atomic E-state index is -3.62. The van der Waals surface area contributed by atoms with E-state index >= 15 is 0 Å². The van der Waals surface area contributed by atoms with Gasteiger partial charge in [0.1, 0.15) is 19.2 Å². The Kier molecular flexibility index (Phi) is 7.48. The van der Waals surface area contributed by atoms with E-state index in [9.17, 15) is 23.3 Å². The van der Waals surface area contributed by atoms with Crippen LogP contribution in [0.1, 0.15) is 35.3 Å². The second kappa shape index (κ2) is 10.3. The molecule has 3 aromatic rings. The maximum absolute atomic E-state index is 12.5. The van der Waals surface area contributed by atoms with Crippen LogP contribution < -0.4 is 5.32 Å². The van der Waals surface area contributed by atoms with Gasteiger partial charge < -0.3 is 14.5 Å². The van der Waals surface area contributed by atoms with Crippen LogP contribution in [0.2, 0.25) is 0 Å². The fraction of sp³-hybridized carbons (Fsp3) is 0.261. The number of benzene rings is 1. The molecule has 1 aromatic carbocycles. The molecule has 0 bridgehead atoms. The van der Waals surface area contributed by atoms with Gasteiger partial charge in [0.05, 0.1) is 16.0 Å². The average molecular weight is 469 g/mol. The van der Waals surface area contributed by atoms with Crippen molar-refractivity contribution in [1.29, 1.82) is 5.26 Å². The molecule has 0 aliphatic rings. The van der Waals surface area contributed by atoms with Gasteiger partial charge in [-0.1, -0.05) is 19.9 Å². The Labute approximate surface area is 192 Å². The lowest BCUT2D eigenvalue weighted by atomic mass is 10.2. The van der Waals surface area contributed by atoms with Crippen LogP contribution in [0.4, 0.5) is 0 Å². The van der Waals surface area contributed by atoms with Crippen molar-refractivity contribution in [3.8, 4) is 6.07 Å². The zero-order valence-corrected chi connectivity index (χ0v) is 19.1. The molecule has 2 aromatic heterocycles. The zero-order valence-electron chi connectivity index (χ0n) is 18.3. The third-order valence-corrected chi connectivity index (χ3v) is 7.18. The number of fused-ring (bicyclic) bond motifs is 1. The van der Waals surface area contributed by atoms with Gasteiger partial charge in [-0.2, -0.15) is 9.57 Å². The van der Waals surface area contributed by atoms with Gasteiger partial charge in [0.2, 0.25) is 10.0 Å². The summed E-state index contributed by atoms with van der Waals surface area (Å²) >= 11 is 0. The first-order valence-electron chi connectivity index (χ1n) is 10.3. The average Bonchev–Trinajstić information content (AvgIpc) is 3.19. The predicted molar refractivity (Wildman–Crippen MR) is 121 cm³/mol. The monoisotopic (exact) mass is 468 g/mol. The highest BCUT2D eigenvalue weighted by Gasteiger charge is 2.22. The molecule has 1 N–H and O–H groups in total. The van der Waals surface area contributed by atoms with E-state index in [0.717, 1.165) is 0 Å². The molecule has 0 spiro atoms. The molecule has 1 amide bonds. The second-order valence-corrected chi connectivity index (χ2v) is 9.03. The number of hydrogen-bond donors (Lipinski definition) is 1. The lowest BCUT2D eigenvalue weighted by Gasteiger charge is -2.18. The summed E-state index contributed by atoms with van der Waals surface area (Å²) in [7, 11) is -3.62. The van der Waals surface area contributed by atoms with Crippen molar-refractivity contribution in [1.82, 2.24) is 14.0 Å². The molecule has 0 saturated carbocycles. The Morgan fingerprint density at radius 1 is 1.12 bits per heavy atom. The van der Waals surface area contributed by atoms with Gasteiger partial charge in [0.15, 0.2) is 0 Å². The molecule has 0 aliphatic carbocycles. The minimum absolute atomic E-state index is 0.0930. The summed E-state index contributed by atoms with van der Waals surface area (Å²) in [6, 6.07) is 13.1. The largest absolute Gasteiger partial charge is 0.459 e. The summed E-state index contributed by atoms with van der Waals surface area (Å²) in [6.07, 6.45) is 3.51. The number of carbonyl (C=O) groups excluding carboxylic acids is 2. The van der Waals surface area contributed by atoms with Gasteiger partial charge >= 0.3 is 5.97 Å². The van der Waals surface area contributed by atoms with Gasteiger partial charge in [-0.3, -0.25) is 9.59 Å². The van der Waals surface area contributed by atoms with Crippen LogP contribution >= 0.6 is 0 Å². The van der Waals surface area contributed by atoms with Crippen LogP contribution in [0, 0.1) is 11.3 Å². The van der Waals surface area contributed by atoms with E-state index in [1.807, 2.05) is 12.1 Å². The zero-order chi connectivity index (χ0) is 24.0. The number of ether oxygens (including phenoxy) is 1. The lowest BCUT2D eigenvalue weighted by Crippen LogP contribution is -2.31. The number of pyridine rings is 1. The van der Waals surface area contributed by atoms with Gasteiger partial charge in [-0.25, -0.2) is 8.42 Å². The molecule has 0 fully saturated rings. The van der Waals surface area contributed by atoms with Crippen molar-refractivity contribution in [2.75, 3.05) is 19.6 Å². The Balaban J connectivity index is 1.57. The first kappa shape index (κ1) is 24.0.